The summed E-state index contributed by atoms with van der Waals surface area (Å²) in [5.74, 6) is 0. The summed E-state index contributed by atoms with van der Waals surface area (Å²) in [5, 5.41) is 0. The van der Waals surface area contributed by atoms with E-state index in [4.69, 9.17) is 9.47 Å². The van der Waals surface area contributed by atoms with Crippen LogP contribution in [0.3, 0.4) is 0 Å². The van der Waals surface area contributed by atoms with Crippen LogP contribution < -0.4 is 0 Å². The van der Waals surface area contributed by atoms with Crippen LogP contribution in [0.5, 0.6) is 0 Å². The topological polar surface area (TPSA) is 36.3 Å². The summed E-state index contributed by atoms with van der Waals surface area (Å²) in [7, 11) is 0. The Morgan fingerprint density at radius 1 is 1.25 bits per heavy atom. The molecule has 16 heavy (non-hydrogen) atoms. The minimum atomic E-state index is -0.349. The maximum atomic E-state index is 5.91. The van der Waals surface area contributed by atoms with Crippen molar-refractivity contribution in [2.45, 2.75) is 58.7 Å². The van der Waals surface area contributed by atoms with Crippen LogP contribution in [-0.4, -0.2) is 20.8 Å². The molecule has 0 atom stereocenters. The fraction of sp³-hybridized carbons (Fsp3) is 0.750. The van der Waals surface area contributed by atoms with Gasteiger partial charge in [0, 0.05) is 12.7 Å². The summed E-state index contributed by atoms with van der Waals surface area (Å²) >= 11 is 0. The first-order chi connectivity index (χ1) is 7.36. The van der Waals surface area contributed by atoms with Crippen LogP contribution in [0.25, 0.3) is 0 Å². The summed E-state index contributed by atoms with van der Waals surface area (Å²) in [5.41, 5.74) is 0.252. The van der Waals surface area contributed by atoms with Crippen LogP contribution in [0.2, 0.25) is 0 Å². The molecular weight excluding hydrogens is 204 g/mol. The van der Waals surface area contributed by atoms with Crippen LogP contribution in [-0.2, 0) is 16.0 Å². The lowest BCUT2D eigenvalue weighted by Crippen LogP contribution is -2.41. The lowest BCUT2D eigenvalue weighted by Gasteiger charge is -2.30. The number of hydrogen-bond acceptors (Lipinski definition) is 3. The molecule has 90 valence electrons. The van der Waals surface area contributed by atoms with E-state index < -0.39 is 0 Å². The van der Waals surface area contributed by atoms with E-state index in [-0.39, 0.29) is 17.5 Å². The van der Waals surface area contributed by atoms with Crippen LogP contribution in [0.1, 0.15) is 46.6 Å². The van der Waals surface area contributed by atoms with E-state index in [0.717, 1.165) is 12.2 Å². The smallest absolute Gasteiger partial charge is 0.203 e. The minimum absolute atomic E-state index is 0.298. The molecule has 0 unspecified atom stereocenters. The molecule has 0 N–H and O–H groups in total. The fourth-order valence-corrected chi connectivity index (χ4v) is 1.64. The summed E-state index contributed by atoms with van der Waals surface area (Å²) in [4.78, 5) is 4.31. The molecule has 0 amide bonds. The average Bonchev–Trinajstić information content (AvgIpc) is 2.70. The Bertz CT molecular complexity index is 366. The van der Waals surface area contributed by atoms with Gasteiger partial charge in [-0.15, -0.1) is 0 Å². The molecule has 0 bridgehead atoms. The van der Waals surface area contributed by atoms with E-state index in [1.165, 1.54) is 0 Å². The third-order valence-corrected chi connectivity index (χ3v) is 3.51. The molecule has 1 aliphatic rings. The lowest BCUT2D eigenvalue weighted by molar-refractivity contribution is -0.0921. The molecule has 1 aliphatic heterocycles. The first kappa shape index (κ1) is 11.6. The Kier molecular flexibility index (Phi) is 2.59. The second kappa shape index (κ2) is 3.57. The molecule has 2 heterocycles. The Morgan fingerprint density at radius 2 is 1.81 bits per heavy atom. The van der Waals surface area contributed by atoms with Crippen LogP contribution in [0.4, 0.5) is 0 Å². The third-order valence-electron chi connectivity index (χ3n) is 3.51. The molecule has 0 aliphatic carbocycles. The van der Waals surface area contributed by atoms with Crippen molar-refractivity contribution in [3.63, 3.8) is 0 Å². The number of aromatic nitrogens is 2. The number of rotatable bonds is 2. The molecule has 0 spiro atoms. The van der Waals surface area contributed by atoms with Crippen molar-refractivity contribution in [3.8, 4) is 0 Å². The zero-order chi connectivity index (χ0) is 12.0. The lowest BCUT2D eigenvalue weighted by atomic mass is 9.90. The van der Waals surface area contributed by atoms with Gasteiger partial charge < -0.3 is 14.0 Å². The second-order valence-electron chi connectivity index (χ2n) is 5.22. The Labute approximate surface area is 96.6 Å². The van der Waals surface area contributed by atoms with Crippen LogP contribution in [0.15, 0.2) is 12.5 Å². The predicted molar refractivity (Wildman–Crippen MR) is 61.0 cm³/mol. The molecule has 2 rings (SSSR count). The second-order valence-corrected chi connectivity index (χ2v) is 5.22. The zero-order valence-electron chi connectivity index (χ0n) is 10.7. The van der Waals surface area contributed by atoms with Crippen molar-refractivity contribution < 1.29 is 9.47 Å². The molecular formula is C12H20N2O2. The molecule has 1 saturated heterocycles. The van der Waals surface area contributed by atoms with E-state index in [1.807, 2.05) is 38.5 Å². The van der Waals surface area contributed by atoms with E-state index >= 15 is 0 Å². The number of nitrogens with zero attached hydrogens (tertiary/aromatic N) is 2. The van der Waals surface area contributed by atoms with Crippen molar-refractivity contribution in [2.24, 2.45) is 0 Å². The zero-order valence-corrected chi connectivity index (χ0v) is 10.7. The van der Waals surface area contributed by atoms with Gasteiger partial charge in [0.05, 0.1) is 17.5 Å². The summed E-state index contributed by atoms with van der Waals surface area (Å²) < 4.78 is 13.8. The van der Waals surface area contributed by atoms with E-state index in [9.17, 15) is 0 Å². The number of aryl methyl sites for hydroxylation is 1. The Morgan fingerprint density at radius 3 is 2.25 bits per heavy atom. The Balaban J connectivity index is 2.20. The van der Waals surface area contributed by atoms with Gasteiger partial charge in [0.15, 0.2) is 0 Å². The number of imidazole rings is 1. The molecule has 0 radical (unpaired) electrons. The summed E-state index contributed by atoms with van der Waals surface area (Å²) in [6.45, 7) is 11.2. The van der Waals surface area contributed by atoms with Gasteiger partial charge in [0.25, 0.3) is 0 Å². The van der Waals surface area contributed by atoms with Gasteiger partial charge in [-0.05, 0) is 34.6 Å². The molecule has 0 aromatic carbocycles. The van der Waals surface area contributed by atoms with E-state index in [1.54, 1.807) is 6.33 Å². The largest absolute Gasteiger partial charge is 0.338 e. The van der Waals surface area contributed by atoms with Crippen LogP contribution >= 0.6 is 0 Å². The SMILES string of the molecule is CCn1cnc(C2OC(C)(C)C(C)(C)O2)c1. The van der Waals surface area contributed by atoms with Crippen molar-refractivity contribution >= 4 is 0 Å². The molecule has 1 aromatic rings. The Hall–Kier alpha value is -0.870. The van der Waals surface area contributed by atoms with Crippen molar-refractivity contribution in [1.29, 1.82) is 0 Å². The average molecular weight is 224 g/mol. The maximum Gasteiger partial charge on any atom is 0.203 e. The highest BCUT2D eigenvalue weighted by Crippen LogP contribution is 2.44. The minimum Gasteiger partial charge on any atom is -0.338 e. The van der Waals surface area contributed by atoms with Gasteiger partial charge in [0.1, 0.15) is 5.69 Å². The standard InChI is InChI=1S/C12H20N2O2/c1-6-14-7-9(13-8-14)10-15-11(2,3)12(4,5)16-10/h7-8,10H,6H2,1-5H3. The first-order valence-electron chi connectivity index (χ1n) is 5.73. The van der Waals surface area contributed by atoms with Crippen LogP contribution in [0, 0.1) is 0 Å². The third kappa shape index (κ3) is 1.76. The maximum absolute atomic E-state index is 5.91. The molecule has 0 saturated carbocycles. The molecule has 4 heteroatoms. The van der Waals surface area contributed by atoms with Crippen molar-refractivity contribution in [1.82, 2.24) is 9.55 Å². The number of ether oxygens (including phenoxy) is 2. The van der Waals surface area contributed by atoms with Gasteiger partial charge in [-0.2, -0.15) is 0 Å². The monoisotopic (exact) mass is 224 g/mol. The van der Waals surface area contributed by atoms with Gasteiger partial charge in [-0.3, -0.25) is 0 Å². The molecule has 1 fully saturated rings. The van der Waals surface area contributed by atoms with Crippen molar-refractivity contribution in [3.05, 3.63) is 18.2 Å². The molecule has 1 aromatic heterocycles. The molecule has 4 nitrogen and oxygen atoms in total. The normalized spacial score (nSPS) is 23.8. The highest BCUT2D eigenvalue weighted by atomic mass is 16.7. The van der Waals surface area contributed by atoms with Crippen molar-refractivity contribution in [2.75, 3.05) is 0 Å². The summed E-state index contributed by atoms with van der Waals surface area (Å²) in [6, 6.07) is 0. The van der Waals surface area contributed by atoms with Gasteiger partial charge >= 0.3 is 0 Å². The van der Waals surface area contributed by atoms with E-state index in [0.29, 0.717) is 0 Å². The fourth-order valence-electron chi connectivity index (χ4n) is 1.64. The quantitative estimate of drug-likeness (QED) is 0.774. The highest BCUT2D eigenvalue weighted by Gasteiger charge is 2.50. The van der Waals surface area contributed by atoms with Gasteiger partial charge in [-0.1, -0.05) is 0 Å². The number of hydrogen-bond donors (Lipinski definition) is 0. The van der Waals surface area contributed by atoms with Gasteiger partial charge in [-0.25, -0.2) is 4.98 Å². The van der Waals surface area contributed by atoms with E-state index in [2.05, 4.69) is 11.9 Å². The first-order valence-corrected chi connectivity index (χ1v) is 5.73. The summed E-state index contributed by atoms with van der Waals surface area (Å²) in [6.07, 6.45) is 3.43. The highest BCUT2D eigenvalue weighted by molar-refractivity contribution is 5.05. The van der Waals surface area contributed by atoms with Gasteiger partial charge in [0.2, 0.25) is 6.29 Å². The predicted octanol–water partition coefficient (Wildman–Crippen LogP) is 2.51.